The molecule has 36 heavy (non-hydrogen) atoms. The van der Waals surface area contributed by atoms with Gasteiger partial charge in [-0.3, -0.25) is 14.6 Å². The zero-order chi connectivity index (χ0) is 24.3. The molecule has 2 aliphatic heterocycles. The topological polar surface area (TPSA) is 23.6 Å². The van der Waals surface area contributed by atoms with Crippen LogP contribution in [0.25, 0.3) is 0 Å². The number of nitrogens with zero attached hydrogens (tertiary/aromatic N) is 2. The third-order valence-corrected chi connectivity index (χ3v) is 9.52. The summed E-state index contributed by atoms with van der Waals surface area (Å²) in [4.78, 5) is 19.4. The van der Waals surface area contributed by atoms with Gasteiger partial charge in [-0.25, -0.2) is 0 Å². The van der Waals surface area contributed by atoms with Crippen molar-refractivity contribution in [3.05, 3.63) is 69.8 Å². The van der Waals surface area contributed by atoms with Crippen LogP contribution in [-0.2, 0) is 13.1 Å². The number of hydrogen-bond donors (Lipinski definition) is 0. The molecule has 2 heterocycles. The molecular weight excluding hydrogens is 440 g/mol. The zero-order valence-corrected chi connectivity index (χ0v) is 22.1. The molecule has 3 heteroatoms. The highest BCUT2D eigenvalue weighted by Gasteiger charge is 2.29. The SMILES string of the molecule is O=C(c1ccc(CN2CCCCC2)cc1C1CCC1)c1ccc(CN2CCCCC2)cc1C1CCC1. The van der Waals surface area contributed by atoms with E-state index in [-0.39, 0.29) is 5.78 Å². The van der Waals surface area contributed by atoms with Crippen molar-refractivity contribution in [3.8, 4) is 0 Å². The fraction of sp³-hybridized carbons (Fsp3) is 0.606. The van der Waals surface area contributed by atoms with Gasteiger partial charge in [0.05, 0.1) is 0 Å². The standard InChI is InChI=1S/C33H44N2O/c36-33(29-15-13-25(21-31(29)27-9-7-10-27)23-34-17-3-1-4-18-34)30-16-14-26(22-32(30)28-11-8-12-28)24-35-19-5-2-6-20-35/h13-16,21-22,27-28H,1-12,17-20,23-24H2. The maximum Gasteiger partial charge on any atom is 0.193 e. The number of benzene rings is 2. The van der Waals surface area contributed by atoms with E-state index in [1.54, 1.807) is 0 Å². The maximum absolute atomic E-state index is 14.2. The van der Waals surface area contributed by atoms with E-state index in [9.17, 15) is 4.79 Å². The van der Waals surface area contributed by atoms with E-state index in [0.717, 1.165) is 24.2 Å². The van der Waals surface area contributed by atoms with E-state index in [4.69, 9.17) is 0 Å². The highest BCUT2D eigenvalue weighted by atomic mass is 16.1. The average Bonchev–Trinajstić information content (AvgIpc) is 2.83. The van der Waals surface area contributed by atoms with E-state index in [1.807, 2.05) is 0 Å². The predicted octanol–water partition coefficient (Wildman–Crippen LogP) is 7.42. The average molecular weight is 485 g/mol. The van der Waals surface area contributed by atoms with E-state index in [1.165, 1.54) is 125 Å². The second kappa shape index (κ2) is 11.2. The Hall–Kier alpha value is -1.97. The molecule has 0 N–H and O–H groups in total. The maximum atomic E-state index is 14.2. The van der Waals surface area contributed by atoms with Gasteiger partial charge in [0.1, 0.15) is 0 Å². The Morgan fingerprint density at radius 2 is 1.00 bits per heavy atom. The number of piperidine rings is 2. The minimum Gasteiger partial charge on any atom is -0.299 e. The number of ketones is 1. The summed E-state index contributed by atoms with van der Waals surface area (Å²) in [5, 5.41) is 0. The lowest BCUT2D eigenvalue weighted by Gasteiger charge is -2.31. The van der Waals surface area contributed by atoms with Crippen LogP contribution in [0.4, 0.5) is 0 Å². The Labute approximate surface area is 218 Å². The first-order valence-electron chi connectivity index (χ1n) is 15.0. The highest BCUT2D eigenvalue weighted by Crippen LogP contribution is 2.42. The lowest BCUT2D eigenvalue weighted by molar-refractivity contribution is 0.103. The van der Waals surface area contributed by atoms with Crippen LogP contribution in [0, 0.1) is 0 Å². The number of carbonyl (C=O) groups excluding carboxylic acids is 1. The molecule has 0 atom stereocenters. The monoisotopic (exact) mass is 484 g/mol. The van der Waals surface area contributed by atoms with E-state index in [0.29, 0.717) is 11.8 Å². The van der Waals surface area contributed by atoms with Crippen LogP contribution in [0.2, 0.25) is 0 Å². The molecule has 0 bridgehead atoms. The summed E-state index contributed by atoms with van der Waals surface area (Å²) < 4.78 is 0. The van der Waals surface area contributed by atoms with Gasteiger partial charge in [-0.15, -0.1) is 0 Å². The molecule has 0 radical (unpaired) electrons. The van der Waals surface area contributed by atoms with Crippen molar-refractivity contribution in [1.29, 1.82) is 0 Å². The lowest BCUT2D eigenvalue weighted by atomic mass is 9.74. The summed E-state index contributed by atoms with van der Waals surface area (Å²) in [6, 6.07) is 13.7. The largest absolute Gasteiger partial charge is 0.299 e. The van der Waals surface area contributed by atoms with Gasteiger partial charge in [0.15, 0.2) is 5.78 Å². The number of hydrogen-bond acceptors (Lipinski definition) is 3. The van der Waals surface area contributed by atoms with Crippen LogP contribution in [0.5, 0.6) is 0 Å². The van der Waals surface area contributed by atoms with Crippen LogP contribution >= 0.6 is 0 Å². The van der Waals surface area contributed by atoms with Gasteiger partial charge in [-0.1, -0.05) is 62.1 Å². The molecule has 2 aromatic rings. The Morgan fingerprint density at radius 3 is 1.36 bits per heavy atom. The molecule has 4 aliphatic rings. The second-order valence-corrected chi connectivity index (χ2v) is 12.1. The minimum atomic E-state index is 0.271. The van der Waals surface area contributed by atoms with Crippen molar-refractivity contribution >= 4 is 5.78 Å². The van der Waals surface area contributed by atoms with Gasteiger partial charge in [-0.05, 0) is 112 Å². The Kier molecular flexibility index (Phi) is 7.58. The predicted molar refractivity (Wildman–Crippen MR) is 148 cm³/mol. The van der Waals surface area contributed by atoms with E-state index >= 15 is 0 Å². The van der Waals surface area contributed by atoms with E-state index in [2.05, 4.69) is 46.2 Å². The van der Waals surface area contributed by atoms with Crippen LogP contribution in [0.15, 0.2) is 36.4 Å². The van der Waals surface area contributed by atoms with Crippen LogP contribution in [-0.4, -0.2) is 41.8 Å². The Balaban J connectivity index is 1.28. The molecule has 192 valence electrons. The van der Waals surface area contributed by atoms with Gasteiger partial charge in [0.2, 0.25) is 0 Å². The molecule has 2 aliphatic carbocycles. The molecule has 6 rings (SSSR count). The zero-order valence-electron chi connectivity index (χ0n) is 22.1. The first kappa shape index (κ1) is 24.4. The molecule has 0 amide bonds. The van der Waals surface area contributed by atoms with Crippen LogP contribution in [0.1, 0.15) is 127 Å². The summed E-state index contributed by atoms with van der Waals surface area (Å²) in [7, 11) is 0. The Bertz CT molecular complexity index is 972. The summed E-state index contributed by atoms with van der Waals surface area (Å²) in [6.45, 7) is 6.93. The van der Waals surface area contributed by atoms with Crippen molar-refractivity contribution in [2.45, 2.75) is 102 Å². The van der Waals surface area contributed by atoms with Gasteiger partial charge in [-0.2, -0.15) is 0 Å². The molecule has 3 nitrogen and oxygen atoms in total. The van der Waals surface area contributed by atoms with Gasteiger partial charge < -0.3 is 0 Å². The van der Waals surface area contributed by atoms with Crippen molar-refractivity contribution in [2.24, 2.45) is 0 Å². The van der Waals surface area contributed by atoms with Crippen LogP contribution < -0.4 is 0 Å². The third kappa shape index (κ3) is 5.34. The first-order valence-corrected chi connectivity index (χ1v) is 15.0. The first-order chi connectivity index (χ1) is 17.7. The van der Waals surface area contributed by atoms with Crippen molar-refractivity contribution in [2.75, 3.05) is 26.2 Å². The molecule has 0 spiro atoms. The van der Waals surface area contributed by atoms with Crippen molar-refractivity contribution in [3.63, 3.8) is 0 Å². The van der Waals surface area contributed by atoms with Crippen molar-refractivity contribution < 1.29 is 4.79 Å². The van der Waals surface area contributed by atoms with Crippen LogP contribution in [0.3, 0.4) is 0 Å². The molecule has 2 saturated heterocycles. The quantitative estimate of drug-likeness (QED) is 0.364. The van der Waals surface area contributed by atoms with Gasteiger partial charge in [0, 0.05) is 24.2 Å². The Morgan fingerprint density at radius 1 is 0.583 bits per heavy atom. The smallest absolute Gasteiger partial charge is 0.193 e. The van der Waals surface area contributed by atoms with Crippen molar-refractivity contribution in [1.82, 2.24) is 9.80 Å². The molecule has 0 aromatic heterocycles. The van der Waals surface area contributed by atoms with Gasteiger partial charge >= 0.3 is 0 Å². The third-order valence-electron chi connectivity index (χ3n) is 9.52. The molecule has 4 fully saturated rings. The summed E-state index contributed by atoms with van der Waals surface area (Å²) in [5.41, 5.74) is 7.41. The highest BCUT2D eigenvalue weighted by molar-refractivity contribution is 6.11. The second-order valence-electron chi connectivity index (χ2n) is 12.1. The number of carbonyl (C=O) groups is 1. The number of likely N-dealkylation sites (tertiary alicyclic amines) is 2. The number of rotatable bonds is 8. The molecular formula is C33H44N2O. The summed E-state index contributed by atoms with van der Waals surface area (Å²) in [6.07, 6.45) is 15.6. The summed E-state index contributed by atoms with van der Waals surface area (Å²) >= 11 is 0. The van der Waals surface area contributed by atoms with Gasteiger partial charge in [0.25, 0.3) is 0 Å². The fourth-order valence-corrected chi connectivity index (χ4v) is 6.85. The fourth-order valence-electron chi connectivity index (χ4n) is 6.85. The molecule has 2 aromatic carbocycles. The normalized spacial score (nSPS) is 22.2. The summed E-state index contributed by atoms with van der Waals surface area (Å²) in [5.74, 6) is 1.40. The minimum absolute atomic E-state index is 0.271. The molecule has 2 saturated carbocycles. The lowest BCUT2D eigenvalue weighted by Crippen LogP contribution is -2.29. The van der Waals surface area contributed by atoms with E-state index < -0.39 is 0 Å². The molecule has 0 unspecified atom stereocenters.